The van der Waals surface area contributed by atoms with Crippen LogP contribution in [0, 0.1) is 0 Å². The minimum Gasteiger partial charge on any atom is -0.406 e. The lowest BCUT2D eigenvalue weighted by molar-refractivity contribution is -0.274. The fourth-order valence-electron chi connectivity index (χ4n) is 5.34. The average molecular weight is 541 g/mol. The van der Waals surface area contributed by atoms with Gasteiger partial charge in [0.1, 0.15) is 5.75 Å². The molecule has 1 aliphatic carbocycles. The molecule has 0 unspecified atom stereocenters. The number of alkyl halides is 3. The molecule has 0 spiro atoms. The molecule has 5 aromatic carbocycles. The van der Waals surface area contributed by atoms with E-state index in [0.29, 0.717) is 17.8 Å². The largest absolute Gasteiger partial charge is 0.573 e. The van der Waals surface area contributed by atoms with Crippen LogP contribution in [0.25, 0.3) is 32.7 Å². The lowest BCUT2D eigenvalue weighted by Gasteiger charge is -2.19. The lowest BCUT2D eigenvalue weighted by atomic mass is 9.84. The van der Waals surface area contributed by atoms with Crippen molar-refractivity contribution in [1.29, 1.82) is 0 Å². The second-order valence-electron chi connectivity index (χ2n) is 9.66. The molecule has 8 heteroatoms. The van der Waals surface area contributed by atoms with Crippen molar-refractivity contribution < 1.29 is 27.5 Å². The number of ether oxygens (including phenoxy) is 1. The third kappa shape index (κ3) is 5.08. The Balaban J connectivity index is 1.26. The summed E-state index contributed by atoms with van der Waals surface area (Å²) in [6.45, 7) is 0. The van der Waals surface area contributed by atoms with Crippen LogP contribution in [0.2, 0.25) is 0 Å². The Morgan fingerprint density at radius 1 is 0.700 bits per heavy atom. The van der Waals surface area contributed by atoms with Crippen LogP contribution in [-0.4, -0.2) is 18.2 Å². The minimum absolute atomic E-state index is 0.192. The van der Waals surface area contributed by atoms with Gasteiger partial charge in [-0.1, -0.05) is 48.5 Å². The van der Waals surface area contributed by atoms with Gasteiger partial charge in [0.05, 0.1) is 0 Å². The van der Waals surface area contributed by atoms with Crippen molar-refractivity contribution in [2.45, 2.75) is 25.6 Å². The first kappa shape index (κ1) is 25.4. The molecule has 2 N–H and O–H groups in total. The Labute approximate surface area is 227 Å². The van der Waals surface area contributed by atoms with E-state index in [9.17, 15) is 22.8 Å². The molecule has 0 atom stereocenters. The zero-order chi connectivity index (χ0) is 27.9. The number of fused-ring (bicyclic) bond motifs is 5. The average Bonchev–Trinajstić information content (AvgIpc) is 2.93. The Bertz CT molecular complexity index is 1760. The fraction of sp³-hybridized carbons (Fsp3) is 0.125. The third-order valence-electron chi connectivity index (χ3n) is 7.08. The first-order valence-corrected chi connectivity index (χ1v) is 12.8. The van der Waals surface area contributed by atoms with E-state index in [1.165, 1.54) is 12.1 Å². The number of amides is 2. The molecule has 200 valence electrons. The van der Waals surface area contributed by atoms with E-state index in [2.05, 4.69) is 33.6 Å². The van der Waals surface area contributed by atoms with Gasteiger partial charge in [0.2, 0.25) is 0 Å². The van der Waals surface area contributed by atoms with Gasteiger partial charge < -0.3 is 15.4 Å². The summed E-state index contributed by atoms with van der Waals surface area (Å²) >= 11 is 0. The van der Waals surface area contributed by atoms with Crippen LogP contribution in [0.1, 0.15) is 28.8 Å². The predicted molar refractivity (Wildman–Crippen MR) is 150 cm³/mol. The SMILES string of the molecule is O=C(Nc1ccc(OC(F)(F)F)cc1)Nc1ccc(-c2cc3c4c(ccc3c3ccccc23)C(=O)CCC4)cc1. The summed E-state index contributed by atoms with van der Waals surface area (Å²) in [4.78, 5) is 25.0. The summed E-state index contributed by atoms with van der Waals surface area (Å²) < 4.78 is 40.9. The number of benzene rings is 5. The summed E-state index contributed by atoms with van der Waals surface area (Å²) in [6.07, 6.45) is -2.48. The molecule has 40 heavy (non-hydrogen) atoms. The Kier molecular flexibility index (Phi) is 6.38. The number of carbonyl (C=O) groups is 2. The van der Waals surface area contributed by atoms with E-state index in [4.69, 9.17) is 0 Å². The van der Waals surface area contributed by atoms with E-state index in [0.717, 1.165) is 68.8 Å². The molecular weight excluding hydrogens is 517 g/mol. The number of aryl methyl sites for hydroxylation is 1. The van der Waals surface area contributed by atoms with Crippen molar-refractivity contribution in [2.75, 3.05) is 10.6 Å². The molecule has 1 aliphatic rings. The van der Waals surface area contributed by atoms with Crippen LogP contribution >= 0.6 is 0 Å². The van der Waals surface area contributed by atoms with Crippen LogP contribution < -0.4 is 15.4 Å². The van der Waals surface area contributed by atoms with Gasteiger partial charge in [0.25, 0.3) is 0 Å². The molecule has 0 bridgehead atoms. The summed E-state index contributed by atoms with van der Waals surface area (Å²) in [7, 11) is 0. The van der Waals surface area contributed by atoms with Crippen molar-refractivity contribution in [2.24, 2.45) is 0 Å². The molecule has 0 aromatic heterocycles. The monoisotopic (exact) mass is 540 g/mol. The standard InChI is InChI=1S/C32H23F3N2O3/c33-32(34,35)40-22-14-12-21(13-15-22)37-31(39)36-20-10-8-19(9-11-20)28-18-29-25-6-3-7-30(38)27(25)17-16-26(29)23-4-1-2-5-24(23)28/h1-2,4-5,8-18H,3,6-7H2,(H2,36,37,39). The summed E-state index contributed by atoms with van der Waals surface area (Å²) in [5, 5.41) is 9.75. The maximum atomic E-state index is 12.6. The van der Waals surface area contributed by atoms with Crippen molar-refractivity contribution in [3.05, 3.63) is 102 Å². The number of urea groups is 1. The number of ketones is 1. The van der Waals surface area contributed by atoms with Crippen LogP contribution in [-0.2, 0) is 6.42 Å². The number of rotatable bonds is 4. The van der Waals surface area contributed by atoms with E-state index in [-0.39, 0.29) is 11.5 Å². The van der Waals surface area contributed by atoms with Crippen molar-refractivity contribution in [3.8, 4) is 16.9 Å². The van der Waals surface area contributed by atoms with Gasteiger partial charge >= 0.3 is 12.4 Å². The first-order chi connectivity index (χ1) is 19.2. The van der Waals surface area contributed by atoms with Gasteiger partial charge in [-0.3, -0.25) is 4.79 Å². The number of carbonyl (C=O) groups excluding carboxylic acids is 2. The van der Waals surface area contributed by atoms with Gasteiger partial charge in [0, 0.05) is 23.4 Å². The summed E-state index contributed by atoms with van der Waals surface area (Å²) in [5.41, 5.74) is 4.77. The number of nitrogens with one attached hydrogen (secondary N) is 2. The summed E-state index contributed by atoms with van der Waals surface area (Å²) in [5.74, 6) is -0.181. The molecule has 2 amide bonds. The number of Topliss-reactive ketones (excluding diaryl/α,β-unsaturated/α-hetero) is 1. The molecule has 6 rings (SSSR count). The van der Waals surface area contributed by atoms with Crippen molar-refractivity contribution in [1.82, 2.24) is 0 Å². The molecule has 0 fully saturated rings. The molecule has 0 radical (unpaired) electrons. The van der Waals surface area contributed by atoms with Crippen molar-refractivity contribution >= 4 is 44.7 Å². The van der Waals surface area contributed by atoms with Crippen LogP contribution in [0.15, 0.2) is 91.0 Å². The smallest absolute Gasteiger partial charge is 0.406 e. The molecule has 0 heterocycles. The van der Waals surface area contributed by atoms with Gasteiger partial charge in [-0.25, -0.2) is 4.79 Å². The highest BCUT2D eigenvalue weighted by Crippen LogP contribution is 2.39. The van der Waals surface area contributed by atoms with Gasteiger partial charge in [0.15, 0.2) is 5.78 Å². The number of hydrogen-bond acceptors (Lipinski definition) is 3. The Morgan fingerprint density at radius 2 is 1.32 bits per heavy atom. The third-order valence-corrected chi connectivity index (χ3v) is 7.08. The summed E-state index contributed by atoms with van der Waals surface area (Å²) in [6, 6.07) is 26.1. The lowest BCUT2D eigenvalue weighted by Crippen LogP contribution is -2.19. The van der Waals surface area contributed by atoms with E-state index < -0.39 is 12.4 Å². The second-order valence-corrected chi connectivity index (χ2v) is 9.66. The molecule has 0 saturated carbocycles. The van der Waals surface area contributed by atoms with Crippen LogP contribution in [0.3, 0.4) is 0 Å². The molecule has 0 aliphatic heterocycles. The second kappa shape index (κ2) is 10.0. The van der Waals surface area contributed by atoms with Gasteiger partial charge in [-0.05, 0) is 93.5 Å². The zero-order valence-corrected chi connectivity index (χ0v) is 21.1. The molecular formula is C32H23F3N2O3. The van der Waals surface area contributed by atoms with Gasteiger partial charge in [-0.15, -0.1) is 13.2 Å². The highest BCUT2D eigenvalue weighted by atomic mass is 19.4. The molecule has 5 nitrogen and oxygen atoms in total. The van der Waals surface area contributed by atoms with Gasteiger partial charge in [-0.2, -0.15) is 0 Å². The molecule has 0 saturated heterocycles. The highest BCUT2D eigenvalue weighted by molar-refractivity contribution is 6.16. The maximum absolute atomic E-state index is 12.6. The van der Waals surface area contributed by atoms with Crippen molar-refractivity contribution in [3.63, 3.8) is 0 Å². The van der Waals surface area contributed by atoms with E-state index in [1.54, 1.807) is 12.1 Å². The quantitative estimate of drug-likeness (QED) is 0.224. The topological polar surface area (TPSA) is 67.4 Å². The van der Waals surface area contributed by atoms with E-state index in [1.807, 2.05) is 36.4 Å². The van der Waals surface area contributed by atoms with E-state index >= 15 is 0 Å². The maximum Gasteiger partial charge on any atom is 0.573 e. The normalized spacial score (nSPS) is 13.2. The Hall–Kier alpha value is -4.85. The Morgan fingerprint density at radius 3 is 2.00 bits per heavy atom. The number of halogens is 3. The fourth-order valence-corrected chi connectivity index (χ4v) is 5.34. The highest BCUT2D eigenvalue weighted by Gasteiger charge is 2.31. The zero-order valence-electron chi connectivity index (χ0n) is 21.1. The molecule has 5 aromatic rings. The number of anilines is 2. The van der Waals surface area contributed by atoms with Crippen LogP contribution in [0.4, 0.5) is 29.3 Å². The predicted octanol–water partition coefficient (Wildman–Crippen LogP) is 8.72. The minimum atomic E-state index is -4.78. The number of hydrogen-bond donors (Lipinski definition) is 2. The first-order valence-electron chi connectivity index (χ1n) is 12.8. The van der Waals surface area contributed by atoms with Crippen LogP contribution in [0.5, 0.6) is 5.75 Å².